The Morgan fingerprint density at radius 1 is 1.80 bits per heavy atom. The molecule has 0 N–H and O–H groups in total. The fraction of sp³-hybridized carbons (Fsp3) is 1.00. The van der Waals surface area contributed by atoms with Crippen molar-refractivity contribution in [1.82, 2.24) is 0 Å². The number of rotatable bonds is 1. The Labute approximate surface area is 34.8 Å². The third kappa shape index (κ3) is 4.15. The van der Waals surface area contributed by atoms with Crippen molar-refractivity contribution in [1.29, 1.82) is 0 Å². The SMILES string of the molecule is CC[S@@](C)=O. The molecule has 0 fully saturated rings. The molecule has 32 valence electrons. The minimum absolute atomic E-state index is 0.573. The summed E-state index contributed by atoms with van der Waals surface area (Å²) in [4.78, 5) is 0. The lowest BCUT2D eigenvalue weighted by atomic mass is 11.0. The first-order chi connectivity index (χ1) is 2.27. The van der Waals surface area contributed by atoms with Gasteiger partial charge in [0.25, 0.3) is 0 Å². The summed E-state index contributed by atoms with van der Waals surface area (Å²) in [5.74, 6) is 0.778. The standard InChI is InChI=1S/C3H8OS/c1-3-5(2)4/h3H2,1-2H3/t5-/m1/s1. The van der Waals surface area contributed by atoms with Crippen molar-refractivity contribution in [2.24, 2.45) is 0 Å². The Kier molecular flexibility index (Phi) is 2.46. The van der Waals surface area contributed by atoms with Crippen LogP contribution in [0, 0.1) is 0 Å². The van der Waals surface area contributed by atoms with Crippen LogP contribution in [0.1, 0.15) is 6.92 Å². The molecule has 0 bridgehead atoms. The van der Waals surface area contributed by atoms with E-state index in [0.717, 1.165) is 5.75 Å². The molecule has 0 aromatic heterocycles. The van der Waals surface area contributed by atoms with E-state index in [1.54, 1.807) is 6.26 Å². The van der Waals surface area contributed by atoms with Crippen molar-refractivity contribution in [2.75, 3.05) is 12.0 Å². The Balaban J connectivity index is 2.85. The summed E-state index contributed by atoms with van der Waals surface area (Å²) in [5, 5.41) is 0. The lowest BCUT2D eigenvalue weighted by Crippen LogP contribution is -1.83. The van der Waals surface area contributed by atoms with E-state index >= 15 is 0 Å². The van der Waals surface area contributed by atoms with Crippen LogP contribution in [0.5, 0.6) is 0 Å². The Morgan fingerprint density at radius 2 is 2.00 bits per heavy atom. The van der Waals surface area contributed by atoms with Crippen LogP contribution in [0.2, 0.25) is 0 Å². The first-order valence-corrected chi connectivity index (χ1v) is 3.30. The highest BCUT2D eigenvalue weighted by Crippen LogP contribution is 1.64. The zero-order valence-corrected chi connectivity index (χ0v) is 4.34. The summed E-state index contributed by atoms with van der Waals surface area (Å²) in [6.07, 6.45) is 1.69. The fourth-order valence-electron chi connectivity index (χ4n) is 0. The number of hydrogen-bond acceptors (Lipinski definition) is 1. The van der Waals surface area contributed by atoms with E-state index in [-0.39, 0.29) is 0 Å². The monoisotopic (exact) mass is 92.0 g/mol. The average Bonchev–Trinajstić information content (AvgIpc) is 1.38. The van der Waals surface area contributed by atoms with E-state index in [0.29, 0.717) is 0 Å². The first kappa shape index (κ1) is 5.15. The summed E-state index contributed by atoms with van der Waals surface area (Å²) in [5.41, 5.74) is 0. The maximum absolute atomic E-state index is 9.92. The molecule has 0 radical (unpaired) electrons. The molecule has 0 rings (SSSR count). The van der Waals surface area contributed by atoms with Gasteiger partial charge in [-0.1, -0.05) is 6.92 Å². The molecule has 0 aromatic carbocycles. The van der Waals surface area contributed by atoms with Crippen LogP contribution < -0.4 is 0 Å². The largest absolute Gasteiger partial charge is 0.260 e. The van der Waals surface area contributed by atoms with Gasteiger partial charge < -0.3 is 0 Å². The zero-order valence-electron chi connectivity index (χ0n) is 3.52. The molecule has 0 aliphatic heterocycles. The molecular formula is C3H8OS. The van der Waals surface area contributed by atoms with Gasteiger partial charge in [-0.2, -0.15) is 0 Å². The van der Waals surface area contributed by atoms with Gasteiger partial charge >= 0.3 is 0 Å². The summed E-state index contributed by atoms with van der Waals surface area (Å²) in [6, 6.07) is 0. The fourth-order valence-corrected chi connectivity index (χ4v) is 0. The van der Waals surface area contributed by atoms with Gasteiger partial charge in [0.05, 0.1) is 0 Å². The van der Waals surface area contributed by atoms with Gasteiger partial charge in [0.1, 0.15) is 0 Å². The Bertz CT molecular complexity index is 42.2. The number of hydrogen-bond donors (Lipinski definition) is 0. The lowest BCUT2D eigenvalue weighted by Gasteiger charge is -1.74. The Hall–Kier alpha value is 0.150. The highest BCUT2D eigenvalue weighted by Gasteiger charge is 1.73. The third-order valence-electron chi connectivity index (χ3n) is 0.407. The molecule has 0 aliphatic carbocycles. The molecule has 0 saturated heterocycles. The van der Waals surface area contributed by atoms with Crippen LogP contribution in [0.15, 0.2) is 0 Å². The van der Waals surface area contributed by atoms with E-state index in [1.807, 2.05) is 6.92 Å². The molecule has 0 spiro atoms. The van der Waals surface area contributed by atoms with Gasteiger partial charge in [-0.25, -0.2) is 0 Å². The molecule has 0 aliphatic rings. The molecule has 0 unspecified atom stereocenters. The van der Waals surface area contributed by atoms with Crippen molar-refractivity contribution in [3.63, 3.8) is 0 Å². The molecule has 0 heterocycles. The highest BCUT2D eigenvalue weighted by atomic mass is 32.2. The summed E-state index contributed by atoms with van der Waals surface area (Å²) in [7, 11) is -0.573. The summed E-state index contributed by atoms with van der Waals surface area (Å²) in [6.45, 7) is 1.90. The normalized spacial score (nSPS) is 14.8. The van der Waals surface area contributed by atoms with E-state index in [1.165, 1.54) is 0 Å². The predicted molar refractivity (Wildman–Crippen MR) is 24.6 cm³/mol. The topological polar surface area (TPSA) is 17.1 Å². The average molecular weight is 92.2 g/mol. The smallest absolute Gasteiger partial charge is 0.0203 e. The van der Waals surface area contributed by atoms with Crippen LogP contribution >= 0.6 is 0 Å². The minimum atomic E-state index is -0.573. The predicted octanol–water partition coefficient (Wildman–Crippen LogP) is 0.385. The highest BCUT2D eigenvalue weighted by molar-refractivity contribution is 7.84. The van der Waals surface area contributed by atoms with Gasteiger partial charge in [0, 0.05) is 22.8 Å². The summed E-state index contributed by atoms with van der Waals surface area (Å²) < 4.78 is 9.92. The van der Waals surface area contributed by atoms with Crippen LogP contribution in [0.4, 0.5) is 0 Å². The van der Waals surface area contributed by atoms with Gasteiger partial charge in [-0.05, 0) is 0 Å². The van der Waals surface area contributed by atoms with Crippen LogP contribution in [0.25, 0.3) is 0 Å². The van der Waals surface area contributed by atoms with Gasteiger partial charge in [-0.15, -0.1) is 0 Å². The van der Waals surface area contributed by atoms with Gasteiger partial charge in [0.2, 0.25) is 0 Å². The second-order valence-corrected chi connectivity index (χ2v) is 2.59. The van der Waals surface area contributed by atoms with Crippen molar-refractivity contribution < 1.29 is 4.21 Å². The first-order valence-electron chi connectivity index (χ1n) is 1.57. The van der Waals surface area contributed by atoms with E-state index in [2.05, 4.69) is 0 Å². The van der Waals surface area contributed by atoms with E-state index in [4.69, 9.17) is 0 Å². The molecule has 1 nitrogen and oxygen atoms in total. The van der Waals surface area contributed by atoms with Crippen molar-refractivity contribution >= 4 is 10.8 Å². The van der Waals surface area contributed by atoms with Gasteiger partial charge in [-0.3, -0.25) is 4.21 Å². The molecular weight excluding hydrogens is 84.1 g/mol. The molecule has 1 atom stereocenters. The maximum Gasteiger partial charge on any atom is 0.0203 e. The van der Waals surface area contributed by atoms with E-state index in [9.17, 15) is 4.21 Å². The van der Waals surface area contributed by atoms with E-state index < -0.39 is 10.8 Å². The second-order valence-electron chi connectivity index (χ2n) is 0.862. The zero-order chi connectivity index (χ0) is 4.28. The molecule has 0 aromatic rings. The van der Waals surface area contributed by atoms with Crippen molar-refractivity contribution in [3.8, 4) is 0 Å². The molecule has 0 amide bonds. The van der Waals surface area contributed by atoms with Crippen molar-refractivity contribution in [3.05, 3.63) is 0 Å². The molecule has 0 saturated carbocycles. The second kappa shape index (κ2) is 2.39. The Morgan fingerprint density at radius 3 is 2.00 bits per heavy atom. The van der Waals surface area contributed by atoms with Crippen LogP contribution in [-0.2, 0) is 10.8 Å². The molecule has 2 heteroatoms. The van der Waals surface area contributed by atoms with Crippen molar-refractivity contribution in [2.45, 2.75) is 6.92 Å². The third-order valence-corrected chi connectivity index (χ3v) is 1.22. The maximum atomic E-state index is 9.92. The summed E-state index contributed by atoms with van der Waals surface area (Å²) >= 11 is 0. The van der Waals surface area contributed by atoms with Gasteiger partial charge in [0.15, 0.2) is 0 Å². The molecule has 5 heavy (non-hydrogen) atoms. The quantitative estimate of drug-likeness (QED) is 0.457. The lowest BCUT2D eigenvalue weighted by molar-refractivity contribution is 0.687. The minimum Gasteiger partial charge on any atom is -0.260 e. The van der Waals surface area contributed by atoms with Crippen LogP contribution in [-0.4, -0.2) is 16.2 Å². The van der Waals surface area contributed by atoms with Crippen LogP contribution in [0.3, 0.4) is 0 Å².